The molecule has 0 N–H and O–H groups in total. The Morgan fingerprint density at radius 2 is 2.08 bits per heavy atom. The first kappa shape index (κ1) is 12.2. The fourth-order valence-electron chi connectivity index (χ4n) is 0.704. The van der Waals surface area contributed by atoms with Crippen LogP contribution < -0.4 is 0 Å². The van der Waals surface area contributed by atoms with Crippen LogP contribution >= 0.6 is 0 Å². The van der Waals surface area contributed by atoms with E-state index in [0.29, 0.717) is 18.6 Å². The van der Waals surface area contributed by atoms with E-state index >= 15 is 0 Å². The van der Waals surface area contributed by atoms with Gasteiger partial charge in [0.15, 0.2) is 0 Å². The molecule has 0 saturated carbocycles. The molecule has 0 amide bonds. The Balaban J connectivity index is 3.83. The van der Waals surface area contributed by atoms with E-state index in [1.165, 1.54) is 0 Å². The first-order valence-corrected chi connectivity index (χ1v) is 4.59. The molecule has 0 saturated heterocycles. The molecule has 3 nitrogen and oxygen atoms in total. The van der Waals surface area contributed by atoms with Crippen LogP contribution in [0.15, 0.2) is 12.2 Å². The van der Waals surface area contributed by atoms with Crippen LogP contribution in [0.25, 0.3) is 0 Å². The average molecular weight is 186 g/mol. The third-order valence-corrected chi connectivity index (χ3v) is 1.43. The summed E-state index contributed by atoms with van der Waals surface area (Å²) >= 11 is 0. The van der Waals surface area contributed by atoms with Crippen LogP contribution in [-0.2, 0) is 14.3 Å². The van der Waals surface area contributed by atoms with Crippen LogP contribution in [0.1, 0.15) is 33.6 Å². The predicted octanol–water partition coefficient (Wildman–Crippen LogP) is 2.27. The monoisotopic (exact) mass is 186 g/mol. The zero-order valence-corrected chi connectivity index (χ0v) is 8.63. The van der Waals surface area contributed by atoms with Crippen molar-refractivity contribution in [2.45, 2.75) is 39.9 Å². The van der Waals surface area contributed by atoms with Gasteiger partial charge >= 0.3 is 5.97 Å². The molecule has 0 aliphatic carbocycles. The van der Waals surface area contributed by atoms with Crippen LogP contribution in [0.3, 0.4) is 0 Å². The SMILES string of the molecule is C=C(C)C(=O)OC(CC)OCCC. The van der Waals surface area contributed by atoms with Gasteiger partial charge in [0, 0.05) is 12.0 Å². The van der Waals surface area contributed by atoms with Gasteiger partial charge in [0.2, 0.25) is 6.29 Å². The van der Waals surface area contributed by atoms with E-state index < -0.39 is 6.29 Å². The van der Waals surface area contributed by atoms with Gasteiger partial charge in [-0.2, -0.15) is 0 Å². The quantitative estimate of drug-likeness (QED) is 0.362. The minimum atomic E-state index is -0.427. The van der Waals surface area contributed by atoms with Crippen LogP contribution in [-0.4, -0.2) is 18.9 Å². The molecule has 76 valence electrons. The highest BCUT2D eigenvalue weighted by Gasteiger charge is 2.12. The summed E-state index contributed by atoms with van der Waals surface area (Å²) in [4.78, 5) is 11.1. The fraction of sp³-hybridized carbons (Fsp3) is 0.700. The highest BCUT2D eigenvalue weighted by atomic mass is 16.7. The highest BCUT2D eigenvalue weighted by molar-refractivity contribution is 5.86. The van der Waals surface area contributed by atoms with E-state index in [0.717, 1.165) is 6.42 Å². The van der Waals surface area contributed by atoms with Gasteiger partial charge in [-0.1, -0.05) is 20.4 Å². The Morgan fingerprint density at radius 1 is 1.46 bits per heavy atom. The van der Waals surface area contributed by atoms with Crippen molar-refractivity contribution in [3.63, 3.8) is 0 Å². The molecule has 0 aliphatic heterocycles. The lowest BCUT2D eigenvalue weighted by Crippen LogP contribution is -2.21. The molecule has 0 aromatic heterocycles. The maximum absolute atomic E-state index is 11.1. The maximum Gasteiger partial charge on any atom is 0.335 e. The first-order valence-electron chi connectivity index (χ1n) is 4.59. The normalized spacial score (nSPS) is 12.2. The van der Waals surface area contributed by atoms with Gasteiger partial charge in [-0.25, -0.2) is 4.79 Å². The van der Waals surface area contributed by atoms with E-state index in [1.807, 2.05) is 13.8 Å². The predicted molar refractivity (Wildman–Crippen MR) is 51.2 cm³/mol. The second kappa shape index (κ2) is 6.66. The Kier molecular flexibility index (Phi) is 6.24. The summed E-state index contributed by atoms with van der Waals surface area (Å²) in [7, 11) is 0. The lowest BCUT2D eigenvalue weighted by Gasteiger charge is -2.16. The van der Waals surface area contributed by atoms with Crippen LogP contribution in [0.5, 0.6) is 0 Å². The molecule has 1 unspecified atom stereocenters. The van der Waals surface area contributed by atoms with Gasteiger partial charge in [0.05, 0.1) is 6.61 Å². The number of ether oxygens (including phenoxy) is 2. The minimum absolute atomic E-state index is 0.386. The zero-order valence-electron chi connectivity index (χ0n) is 8.63. The average Bonchev–Trinajstić information content (AvgIpc) is 2.11. The van der Waals surface area contributed by atoms with E-state index in [9.17, 15) is 4.79 Å². The summed E-state index contributed by atoms with van der Waals surface area (Å²) in [6.45, 7) is 9.64. The molecule has 0 radical (unpaired) electrons. The smallest absolute Gasteiger partial charge is 0.335 e. The molecule has 3 heteroatoms. The van der Waals surface area contributed by atoms with Gasteiger partial charge < -0.3 is 9.47 Å². The summed E-state index contributed by atoms with van der Waals surface area (Å²) < 4.78 is 10.3. The molecule has 13 heavy (non-hydrogen) atoms. The summed E-state index contributed by atoms with van der Waals surface area (Å²) in [5.74, 6) is -0.386. The Hall–Kier alpha value is -0.830. The van der Waals surface area contributed by atoms with Gasteiger partial charge in [-0.05, 0) is 13.3 Å². The van der Waals surface area contributed by atoms with Crippen molar-refractivity contribution in [2.24, 2.45) is 0 Å². The minimum Gasteiger partial charge on any atom is -0.432 e. The zero-order chi connectivity index (χ0) is 10.3. The number of hydrogen-bond acceptors (Lipinski definition) is 3. The van der Waals surface area contributed by atoms with Gasteiger partial charge in [-0.15, -0.1) is 0 Å². The summed E-state index contributed by atoms with van der Waals surface area (Å²) in [5, 5.41) is 0. The first-order chi connectivity index (χ1) is 6.11. The van der Waals surface area contributed by atoms with Crippen molar-refractivity contribution in [3.05, 3.63) is 12.2 Å². The highest BCUT2D eigenvalue weighted by Crippen LogP contribution is 2.04. The number of rotatable bonds is 6. The van der Waals surface area contributed by atoms with Crippen LogP contribution in [0.2, 0.25) is 0 Å². The second-order valence-electron chi connectivity index (χ2n) is 2.89. The molecule has 0 aromatic carbocycles. The van der Waals surface area contributed by atoms with E-state index in [1.54, 1.807) is 6.92 Å². The van der Waals surface area contributed by atoms with Gasteiger partial charge in [0.25, 0.3) is 0 Å². The fourth-order valence-corrected chi connectivity index (χ4v) is 0.704. The molecule has 1 atom stereocenters. The Morgan fingerprint density at radius 3 is 2.46 bits per heavy atom. The number of carbonyl (C=O) groups excluding carboxylic acids is 1. The molecule has 0 bridgehead atoms. The summed E-state index contributed by atoms with van der Waals surface area (Å²) in [5.41, 5.74) is 0.401. The lowest BCUT2D eigenvalue weighted by molar-refractivity contribution is -0.174. The molecule has 0 aliphatic rings. The molecule has 0 aromatic rings. The van der Waals surface area contributed by atoms with E-state index in [2.05, 4.69) is 6.58 Å². The third-order valence-electron chi connectivity index (χ3n) is 1.43. The standard InChI is InChI=1S/C10H18O3/c1-5-7-12-9(6-2)13-10(11)8(3)4/h9H,3,5-7H2,1-2,4H3. The van der Waals surface area contributed by atoms with Crippen LogP contribution in [0.4, 0.5) is 0 Å². The van der Waals surface area contributed by atoms with Crippen molar-refractivity contribution in [1.82, 2.24) is 0 Å². The van der Waals surface area contributed by atoms with Crippen LogP contribution in [0, 0.1) is 0 Å². The number of esters is 1. The number of hydrogen-bond donors (Lipinski definition) is 0. The van der Waals surface area contributed by atoms with E-state index in [-0.39, 0.29) is 5.97 Å². The molecular formula is C10H18O3. The Labute approximate surface area is 79.7 Å². The topological polar surface area (TPSA) is 35.5 Å². The van der Waals surface area contributed by atoms with Crippen molar-refractivity contribution in [3.8, 4) is 0 Å². The molecular weight excluding hydrogens is 168 g/mol. The molecule has 0 heterocycles. The molecule has 0 rings (SSSR count). The number of carbonyl (C=O) groups is 1. The molecule has 0 spiro atoms. The Bertz CT molecular complexity index is 175. The lowest BCUT2D eigenvalue weighted by atomic mass is 10.3. The van der Waals surface area contributed by atoms with Gasteiger partial charge in [0.1, 0.15) is 0 Å². The van der Waals surface area contributed by atoms with Crippen molar-refractivity contribution < 1.29 is 14.3 Å². The maximum atomic E-state index is 11.1. The van der Waals surface area contributed by atoms with E-state index in [4.69, 9.17) is 9.47 Å². The van der Waals surface area contributed by atoms with Crippen molar-refractivity contribution >= 4 is 5.97 Å². The summed E-state index contributed by atoms with van der Waals surface area (Å²) in [6, 6.07) is 0. The second-order valence-corrected chi connectivity index (χ2v) is 2.89. The van der Waals surface area contributed by atoms with Crippen molar-refractivity contribution in [1.29, 1.82) is 0 Å². The molecule has 0 fully saturated rings. The largest absolute Gasteiger partial charge is 0.432 e. The summed E-state index contributed by atoms with van der Waals surface area (Å²) in [6.07, 6.45) is 1.16. The van der Waals surface area contributed by atoms with Gasteiger partial charge in [-0.3, -0.25) is 0 Å². The third kappa shape index (κ3) is 5.42. The van der Waals surface area contributed by atoms with Crippen molar-refractivity contribution in [2.75, 3.05) is 6.61 Å².